The Bertz CT molecular complexity index is 467. The third-order valence-corrected chi connectivity index (χ3v) is 3.18. The van der Waals surface area contributed by atoms with Gasteiger partial charge in [0.05, 0.1) is 0 Å². The second-order valence-corrected chi connectivity index (χ2v) is 5.01. The smallest absolute Gasteiger partial charge is 0.314 e. The Morgan fingerprint density at radius 3 is 2.61 bits per heavy atom. The molecule has 1 rings (SSSR count). The molecule has 2 amide bonds. The van der Waals surface area contributed by atoms with Crippen LogP contribution in [0.4, 0.5) is 10.5 Å². The zero-order valence-corrected chi connectivity index (χ0v) is 11.9. The van der Waals surface area contributed by atoms with E-state index in [4.69, 9.17) is 11.6 Å². The molecular weight excluding hydrogens is 248 g/mol. The van der Waals surface area contributed by atoms with Crippen molar-refractivity contribution in [3.05, 3.63) is 40.6 Å². The number of amides is 2. The lowest BCUT2D eigenvalue weighted by molar-refractivity contribution is 0.255. The summed E-state index contributed by atoms with van der Waals surface area (Å²) < 4.78 is 0. The van der Waals surface area contributed by atoms with Crippen molar-refractivity contribution in [1.29, 1.82) is 0 Å². The fourth-order valence-corrected chi connectivity index (χ4v) is 1.36. The van der Waals surface area contributed by atoms with Gasteiger partial charge < -0.3 is 10.6 Å². The monoisotopic (exact) mass is 266 g/mol. The Kier molecular flexibility index (Phi) is 5.23. The maximum atomic E-state index is 11.6. The molecule has 98 valence electrons. The number of rotatable bonds is 3. The molecule has 0 aliphatic carbocycles. The lowest BCUT2D eigenvalue weighted by atomic mass is 10.1. The number of halogens is 1. The number of urea groups is 1. The fourth-order valence-electron chi connectivity index (χ4n) is 1.18. The first-order valence-electron chi connectivity index (χ1n) is 5.90. The third-order valence-electron chi connectivity index (χ3n) is 2.77. The highest BCUT2D eigenvalue weighted by Crippen LogP contribution is 2.19. The number of hydrogen-bond donors (Lipinski definition) is 2. The number of carbonyl (C=O) groups is 1. The minimum Gasteiger partial charge on any atom is -0.314 e. The van der Waals surface area contributed by atoms with E-state index in [1.54, 1.807) is 12.3 Å². The highest BCUT2D eigenvalue weighted by Gasteiger charge is 2.03. The summed E-state index contributed by atoms with van der Waals surface area (Å²) in [5.41, 5.74) is 2.78. The molecule has 18 heavy (non-hydrogen) atoms. The van der Waals surface area contributed by atoms with Crippen molar-refractivity contribution in [2.45, 2.75) is 27.7 Å². The summed E-state index contributed by atoms with van der Waals surface area (Å²) >= 11 is 5.98. The van der Waals surface area contributed by atoms with Crippen LogP contribution in [0.15, 0.2) is 30.0 Å². The number of anilines is 1. The molecule has 0 aliphatic rings. The lowest BCUT2D eigenvalue weighted by Crippen LogP contribution is -2.24. The van der Waals surface area contributed by atoms with Crippen molar-refractivity contribution >= 4 is 23.3 Å². The van der Waals surface area contributed by atoms with Crippen LogP contribution in [0, 0.1) is 12.8 Å². The molecule has 4 heteroatoms. The summed E-state index contributed by atoms with van der Waals surface area (Å²) in [5.74, 6) is 0.416. The van der Waals surface area contributed by atoms with E-state index in [2.05, 4.69) is 24.5 Å². The fraction of sp³-hybridized carbons (Fsp3) is 0.357. The van der Waals surface area contributed by atoms with Gasteiger partial charge >= 0.3 is 6.03 Å². The molecule has 0 aliphatic heterocycles. The normalized spacial score (nSPS) is 11.6. The maximum Gasteiger partial charge on any atom is 0.323 e. The second kappa shape index (κ2) is 6.45. The van der Waals surface area contributed by atoms with E-state index in [1.165, 1.54) is 0 Å². The minimum absolute atomic E-state index is 0.269. The van der Waals surface area contributed by atoms with Crippen LogP contribution in [-0.4, -0.2) is 6.03 Å². The number of nitrogens with one attached hydrogen (secondary N) is 2. The van der Waals surface area contributed by atoms with Crippen LogP contribution in [0.3, 0.4) is 0 Å². The Labute approximate surface area is 113 Å². The molecule has 1 aromatic rings. The molecule has 0 heterocycles. The number of carbonyl (C=O) groups excluding carboxylic acids is 1. The van der Waals surface area contributed by atoms with Gasteiger partial charge in [-0.2, -0.15) is 0 Å². The largest absolute Gasteiger partial charge is 0.323 e. The summed E-state index contributed by atoms with van der Waals surface area (Å²) in [4.78, 5) is 11.6. The number of hydrogen-bond acceptors (Lipinski definition) is 1. The van der Waals surface area contributed by atoms with E-state index in [1.807, 2.05) is 26.0 Å². The van der Waals surface area contributed by atoms with Gasteiger partial charge in [0.25, 0.3) is 0 Å². The van der Waals surface area contributed by atoms with Gasteiger partial charge in [0.2, 0.25) is 0 Å². The summed E-state index contributed by atoms with van der Waals surface area (Å²) in [5, 5.41) is 6.06. The van der Waals surface area contributed by atoms with Crippen LogP contribution < -0.4 is 10.6 Å². The number of aryl methyl sites for hydroxylation is 1. The molecule has 0 bridgehead atoms. The summed E-state index contributed by atoms with van der Waals surface area (Å²) in [7, 11) is 0. The third kappa shape index (κ3) is 4.41. The van der Waals surface area contributed by atoms with Crippen molar-refractivity contribution in [3.63, 3.8) is 0 Å². The molecule has 3 nitrogen and oxygen atoms in total. The minimum atomic E-state index is -0.269. The topological polar surface area (TPSA) is 41.1 Å². The van der Waals surface area contributed by atoms with Crippen LogP contribution in [0.25, 0.3) is 0 Å². The van der Waals surface area contributed by atoms with E-state index in [-0.39, 0.29) is 6.03 Å². The molecule has 0 saturated carbocycles. The van der Waals surface area contributed by atoms with Gasteiger partial charge in [0.15, 0.2) is 0 Å². The number of benzene rings is 1. The van der Waals surface area contributed by atoms with E-state index in [0.717, 1.165) is 11.1 Å². The summed E-state index contributed by atoms with van der Waals surface area (Å²) in [6.07, 6.45) is 1.72. The quantitative estimate of drug-likeness (QED) is 0.840. The molecule has 0 spiro atoms. The molecule has 0 atom stereocenters. The molecule has 0 fully saturated rings. The van der Waals surface area contributed by atoms with Crippen molar-refractivity contribution in [2.24, 2.45) is 5.92 Å². The van der Waals surface area contributed by atoms with E-state index in [9.17, 15) is 4.79 Å². The zero-order valence-electron chi connectivity index (χ0n) is 11.2. The highest BCUT2D eigenvalue weighted by atomic mass is 35.5. The average Bonchev–Trinajstić information content (AvgIpc) is 2.30. The van der Waals surface area contributed by atoms with Crippen molar-refractivity contribution < 1.29 is 4.79 Å². The summed E-state index contributed by atoms with van der Waals surface area (Å²) in [6.45, 7) is 8.05. The van der Waals surface area contributed by atoms with Crippen LogP contribution in [-0.2, 0) is 0 Å². The molecule has 0 unspecified atom stereocenters. The first-order chi connectivity index (χ1) is 8.40. The molecule has 2 N–H and O–H groups in total. The van der Waals surface area contributed by atoms with Gasteiger partial charge in [-0.1, -0.05) is 37.1 Å². The Balaban J connectivity index is 2.60. The standard InChI is InChI=1S/C14H19ClN2O/c1-9(2)11(4)8-16-14(18)17-12-6-5-10(3)13(15)7-12/h5-9H,1-4H3,(H2,16,17,18)/b11-8+. The highest BCUT2D eigenvalue weighted by molar-refractivity contribution is 6.31. The van der Waals surface area contributed by atoms with E-state index >= 15 is 0 Å². The van der Waals surface area contributed by atoms with Gasteiger partial charge in [-0.25, -0.2) is 4.79 Å². The van der Waals surface area contributed by atoms with Crippen molar-refractivity contribution in [3.8, 4) is 0 Å². The van der Waals surface area contributed by atoms with Gasteiger partial charge in [-0.05, 0) is 37.5 Å². The molecule has 0 radical (unpaired) electrons. The molecule has 0 saturated heterocycles. The van der Waals surface area contributed by atoms with Crippen LogP contribution >= 0.6 is 11.6 Å². The van der Waals surface area contributed by atoms with Gasteiger partial charge in [-0.15, -0.1) is 0 Å². The predicted molar refractivity (Wildman–Crippen MR) is 76.9 cm³/mol. The van der Waals surface area contributed by atoms with E-state index < -0.39 is 0 Å². The predicted octanol–water partition coefficient (Wildman–Crippen LogP) is 4.33. The van der Waals surface area contributed by atoms with E-state index in [0.29, 0.717) is 16.6 Å². The lowest BCUT2D eigenvalue weighted by Gasteiger charge is -2.08. The van der Waals surface area contributed by atoms with Gasteiger partial charge in [0, 0.05) is 16.9 Å². The van der Waals surface area contributed by atoms with Crippen molar-refractivity contribution in [1.82, 2.24) is 5.32 Å². The van der Waals surface area contributed by atoms with Gasteiger partial charge in [-0.3, -0.25) is 0 Å². The SMILES string of the molecule is C/C(=C\NC(=O)Nc1ccc(C)c(Cl)c1)C(C)C. The molecule has 1 aromatic carbocycles. The average molecular weight is 267 g/mol. The summed E-state index contributed by atoms with van der Waals surface area (Å²) in [6, 6.07) is 5.15. The van der Waals surface area contributed by atoms with Gasteiger partial charge in [0.1, 0.15) is 0 Å². The molecule has 0 aromatic heterocycles. The van der Waals surface area contributed by atoms with Crippen LogP contribution in [0.5, 0.6) is 0 Å². The van der Waals surface area contributed by atoms with Crippen molar-refractivity contribution in [2.75, 3.05) is 5.32 Å². The number of allylic oxidation sites excluding steroid dienone is 1. The maximum absolute atomic E-state index is 11.6. The van der Waals surface area contributed by atoms with Crippen LogP contribution in [0.1, 0.15) is 26.3 Å². The zero-order chi connectivity index (χ0) is 13.7. The second-order valence-electron chi connectivity index (χ2n) is 4.61. The van der Waals surface area contributed by atoms with Crippen LogP contribution in [0.2, 0.25) is 5.02 Å². The first-order valence-corrected chi connectivity index (χ1v) is 6.28. The Morgan fingerprint density at radius 2 is 2.06 bits per heavy atom. The Morgan fingerprint density at radius 1 is 1.39 bits per heavy atom. The first kappa shape index (κ1) is 14.6. The molecular formula is C14H19ClN2O. The Hall–Kier alpha value is -1.48.